The molecule has 0 spiro atoms. The van der Waals surface area contributed by atoms with Gasteiger partial charge in [0.1, 0.15) is 5.92 Å². The van der Waals surface area contributed by atoms with Crippen LogP contribution in [-0.2, 0) is 16.6 Å². The van der Waals surface area contributed by atoms with Crippen molar-refractivity contribution < 1.29 is 4.79 Å². The van der Waals surface area contributed by atoms with Crippen molar-refractivity contribution in [1.29, 1.82) is 5.26 Å². The summed E-state index contributed by atoms with van der Waals surface area (Å²) in [6, 6.07) is 22.6. The molecule has 30 heavy (non-hydrogen) atoms. The second kappa shape index (κ2) is 7.18. The van der Waals surface area contributed by atoms with Crippen LogP contribution in [0, 0.1) is 29.1 Å². The highest BCUT2D eigenvalue weighted by Gasteiger charge is 2.56. The Kier molecular flexibility index (Phi) is 4.47. The maximum absolute atomic E-state index is 12.9. The first-order chi connectivity index (χ1) is 14.6. The summed E-state index contributed by atoms with van der Waals surface area (Å²) in [4.78, 5) is 22.7. The molecule has 2 aromatic carbocycles. The molecule has 1 saturated carbocycles. The first-order valence-electron chi connectivity index (χ1n) is 10.6. The van der Waals surface area contributed by atoms with E-state index in [1.165, 1.54) is 0 Å². The summed E-state index contributed by atoms with van der Waals surface area (Å²) in [5.74, 6) is 0.116. The molecule has 0 aliphatic heterocycles. The Hall–Kier alpha value is -3.32. The Balaban J connectivity index is 1.77. The molecule has 0 N–H and O–H groups in total. The average Bonchev–Trinajstić information content (AvgIpc) is 2.82. The number of carbonyl (C=O) groups is 1. The van der Waals surface area contributed by atoms with Gasteiger partial charge in [-0.1, -0.05) is 67.6 Å². The molecular formula is C26H23N3O. The quantitative estimate of drug-likeness (QED) is 0.631. The van der Waals surface area contributed by atoms with E-state index >= 15 is 0 Å². The molecule has 0 bridgehead atoms. The van der Waals surface area contributed by atoms with Crippen molar-refractivity contribution in [3.63, 3.8) is 0 Å². The molecule has 148 valence electrons. The molecule has 3 aromatic rings. The fourth-order valence-electron chi connectivity index (χ4n) is 5.61. The molecule has 4 atom stereocenters. The molecule has 4 heteroatoms. The lowest BCUT2D eigenvalue weighted by Crippen LogP contribution is -2.53. The minimum Gasteiger partial charge on any atom is -0.298 e. The van der Waals surface area contributed by atoms with Crippen molar-refractivity contribution >= 4 is 5.78 Å². The van der Waals surface area contributed by atoms with Gasteiger partial charge in [0, 0.05) is 23.1 Å². The normalized spacial score (nSPS) is 27.6. The van der Waals surface area contributed by atoms with E-state index in [1.807, 2.05) is 61.7 Å². The Morgan fingerprint density at radius 3 is 2.47 bits per heavy atom. The summed E-state index contributed by atoms with van der Waals surface area (Å²) in [6.45, 7) is 2.00. The minimum atomic E-state index is -0.613. The van der Waals surface area contributed by atoms with E-state index < -0.39 is 11.3 Å². The summed E-state index contributed by atoms with van der Waals surface area (Å²) < 4.78 is 0. The van der Waals surface area contributed by atoms with E-state index in [9.17, 15) is 10.1 Å². The summed E-state index contributed by atoms with van der Waals surface area (Å²) in [5, 5.41) is 9.81. The van der Waals surface area contributed by atoms with E-state index in [4.69, 9.17) is 4.98 Å². The van der Waals surface area contributed by atoms with Crippen LogP contribution in [0.5, 0.6) is 0 Å². The van der Waals surface area contributed by atoms with Gasteiger partial charge >= 0.3 is 0 Å². The number of aryl methyl sites for hydroxylation is 1. The smallest absolute Gasteiger partial charge is 0.159 e. The molecule has 5 rings (SSSR count). The van der Waals surface area contributed by atoms with Crippen molar-refractivity contribution in [2.45, 2.75) is 31.6 Å². The minimum absolute atomic E-state index is 0.0786. The average molecular weight is 393 g/mol. The molecule has 4 nitrogen and oxygen atoms in total. The van der Waals surface area contributed by atoms with Crippen LogP contribution in [0.1, 0.15) is 36.6 Å². The van der Waals surface area contributed by atoms with Crippen molar-refractivity contribution in [3.05, 3.63) is 83.7 Å². The SMILES string of the molecule is C[C@@H]1C(=O)C(C#N)C[C@]2(c3ccccc3)c3nc(-c4ccccc4)ncc3CC[C@@H]12. The molecule has 2 aliphatic carbocycles. The summed E-state index contributed by atoms with van der Waals surface area (Å²) in [7, 11) is 0. The van der Waals surface area contributed by atoms with Gasteiger partial charge in [-0.2, -0.15) is 5.26 Å². The van der Waals surface area contributed by atoms with Gasteiger partial charge in [0.15, 0.2) is 11.6 Å². The topological polar surface area (TPSA) is 66.6 Å². The van der Waals surface area contributed by atoms with E-state index in [0.29, 0.717) is 12.2 Å². The molecule has 1 heterocycles. The van der Waals surface area contributed by atoms with Crippen LogP contribution >= 0.6 is 0 Å². The fraction of sp³-hybridized carbons (Fsp3) is 0.308. The lowest BCUT2D eigenvalue weighted by molar-refractivity contribution is -0.131. The Morgan fingerprint density at radius 2 is 1.77 bits per heavy atom. The largest absolute Gasteiger partial charge is 0.298 e. The number of nitrogens with zero attached hydrogens (tertiary/aromatic N) is 3. The molecule has 0 saturated heterocycles. The fourth-order valence-corrected chi connectivity index (χ4v) is 5.61. The summed E-state index contributed by atoms with van der Waals surface area (Å²) in [5.41, 5.74) is 3.80. The number of ketones is 1. The number of carbonyl (C=O) groups excluding carboxylic acids is 1. The van der Waals surface area contributed by atoms with Crippen LogP contribution in [0.3, 0.4) is 0 Å². The zero-order valence-corrected chi connectivity index (χ0v) is 17.0. The predicted octanol–water partition coefficient (Wildman–Crippen LogP) is 4.74. The predicted molar refractivity (Wildman–Crippen MR) is 114 cm³/mol. The van der Waals surface area contributed by atoms with Crippen LogP contribution < -0.4 is 0 Å². The number of benzene rings is 2. The van der Waals surface area contributed by atoms with Gasteiger partial charge in [0.2, 0.25) is 0 Å². The molecule has 2 aliphatic rings. The van der Waals surface area contributed by atoms with E-state index in [1.54, 1.807) is 0 Å². The van der Waals surface area contributed by atoms with Crippen molar-refractivity contribution in [2.75, 3.05) is 0 Å². The standard InChI is InChI=1S/C26H23N3O/c1-17-22-13-12-19-16-28-25(18-8-4-2-5-9-18)29-24(19)26(22,14-20(15-27)23(17)30)21-10-6-3-7-11-21/h2-11,16-17,20,22H,12-14H2,1H3/t17-,20?,22-,26+/m0/s1. The van der Waals surface area contributed by atoms with Gasteiger partial charge in [-0.15, -0.1) is 0 Å². The van der Waals surface area contributed by atoms with Gasteiger partial charge in [-0.25, -0.2) is 9.97 Å². The highest BCUT2D eigenvalue weighted by Crippen LogP contribution is 2.55. The van der Waals surface area contributed by atoms with E-state index in [2.05, 4.69) is 23.2 Å². The second-order valence-electron chi connectivity index (χ2n) is 8.49. The van der Waals surface area contributed by atoms with E-state index in [0.717, 1.165) is 35.2 Å². The van der Waals surface area contributed by atoms with Crippen LogP contribution in [0.25, 0.3) is 11.4 Å². The Bertz CT molecular complexity index is 1140. The molecule has 1 unspecified atom stereocenters. The molecular weight excluding hydrogens is 370 g/mol. The summed E-state index contributed by atoms with van der Waals surface area (Å²) in [6.07, 6.45) is 4.20. The third-order valence-electron chi connectivity index (χ3n) is 7.04. The second-order valence-corrected chi connectivity index (χ2v) is 8.49. The third kappa shape index (κ3) is 2.69. The maximum Gasteiger partial charge on any atom is 0.159 e. The van der Waals surface area contributed by atoms with Crippen molar-refractivity contribution in [1.82, 2.24) is 9.97 Å². The Morgan fingerprint density at radius 1 is 1.07 bits per heavy atom. The van der Waals surface area contributed by atoms with Crippen LogP contribution in [0.2, 0.25) is 0 Å². The van der Waals surface area contributed by atoms with Gasteiger partial charge < -0.3 is 0 Å². The zero-order valence-electron chi connectivity index (χ0n) is 17.0. The first kappa shape index (κ1) is 18.7. The molecule has 1 aromatic heterocycles. The Labute approximate surface area is 176 Å². The highest BCUT2D eigenvalue weighted by molar-refractivity contribution is 5.87. The van der Waals surface area contributed by atoms with Crippen LogP contribution in [-0.4, -0.2) is 15.8 Å². The van der Waals surface area contributed by atoms with Gasteiger partial charge in [0.05, 0.1) is 11.8 Å². The number of Topliss-reactive ketones (excluding diaryl/α,β-unsaturated/α-hetero) is 1. The van der Waals surface area contributed by atoms with Crippen molar-refractivity contribution in [3.8, 4) is 17.5 Å². The van der Waals surface area contributed by atoms with Gasteiger partial charge in [0.25, 0.3) is 0 Å². The third-order valence-corrected chi connectivity index (χ3v) is 7.04. The lowest BCUT2D eigenvalue weighted by atomic mass is 9.51. The van der Waals surface area contributed by atoms with Gasteiger partial charge in [-0.3, -0.25) is 4.79 Å². The highest BCUT2D eigenvalue weighted by atomic mass is 16.1. The lowest BCUT2D eigenvalue weighted by Gasteiger charge is -2.51. The summed E-state index contributed by atoms with van der Waals surface area (Å²) >= 11 is 0. The number of fused-ring (bicyclic) bond motifs is 3. The number of aromatic nitrogens is 2. The van der Waals surface area contributed by atoms with Crippen LogP contribution in [0.15, 0.2) is 66.9 Å². The number of hydrogen-bond acceptors (Lipinski definition) is 4. The van der Waals surface area contributed by atoms with Gasteiger partial charge in [-0.05, 0) is 36.3 Å². The number of hydrogen-bond donors (Lipinski definition) is 0. The monoisotopic (exact) mass is 393 g/mol. The molecule has 0 radical (unpaired) electrons. The molecule has 1 fully saturated rings. The zero-order chi connectivity index (χ0) is 20.7. The number of nitriles is 1. The molecule has 0 amide bonds. The van der Waals surface area contributed by atoms with Crippen LogP contribution in [0.4, 0.5) is 0 Å². The van der Waals surface area contributed by atoms with Crippen molar-refractivity contribution in [2.24, 2.45) is 17.8 Å². The maximum atomic E-state index is 12.9. The number of rotatable bonds is 2. The first-order valence-corrected chi connectivity index (χ1v) is 10.6. The van der Waals surface area contributed by atoms with E-state index in [-0.39, 0.29) is 17.6 Å².